The topological polar surface area (TPSA) is 16.4 Å². The monoisotopic (exact) mass is 841 g/mol. The molecule has 0 amide bonds. The molecule has 1 aromatic heterocycles. The Kier molecular flexibility index (Phi) is 7.70. The van der Waals surface area contributed by atoms with Crippen LogP contribution >= 0.6 is 0 Å². The minimum absolute atomic E-state index is 0.155. The highest BCUT2D eigenvalue weighted by Gasteiger charge is 2.53. The van der Waals surface area contributed by atoms with Gasteiger partial charge in [-0.25, -0.2) is 0 Å². The van der Waals surface area contributed by atoms with Crippen molar-refractivity contribution >= 4 is 39.0 Å². The molecule has 0 bridgehead atoms. The molecule has 0 N–H and O–H groups in total. The van der Waals surface area contributed by atoms with E-state index in [4.69, 9.17) is 4.42 Å². The number of furan rings is 1. The first-order valence-corrected chi connectivity index (χ1v) is 23.1. The summed E-state index contributed by atoms with van der Waals surface area (Å²) in [4.78, 5) is 2.50. The van der Waals surface area contributed by atoms with E-state index in [2.05, 4.69) is 243 Å². The van der Waals surface area contributed by atoms with Crippen molar-refractivity contribution in [3.8, 4) is 55.6 Å². The van der Waals surface area contributed by atoms with Gasteiger partial charge in [0.05, 0.1) is 11.1 Å². The first-order chi connectivity index (χ1) is 32.5. The van der Waals surface area contributed by atoms with E-state index in [1.807, 2.05) is 0 Å². The predicted octanol–water partition coefficient (Wildman–Crippen LogP) is 17.0. The Morgan fingerprint density at radius 1 is 0.364 bits per heavy atom. The van der Waals surface area contributed by atoms with E-state index in [0.29, 0.717) is 0 Å². The van der Waals surface area contributed by atoms with Crippen LogP contribution in [0.3, 0.4) is 0 Å². The molecule has 1 atom stereocenters. The number of fused-ring (bicyclic) bond motifs is 17. The van der Waals surface area contributed by atoms with Gasteiger partial charge in [0, 0.05) is 33.1 Å². The summed E-state index contributed by atoms with van der Waals surface area (Å²) < 4.78 is 6.59. The Bertz CT molecular complexity index is 3800. The summed E-state index contributed by atoms with van der Waals surface area (Å²) in [6, 6.07) is 83.3. The maximum atomic E-state index is 6.59. The highest BCUT2D eigenvalue weighted by Crippen LogP contribution is 2.66. The average Bonchev–Trinajstić information content (AvgIpc) is 4.07. The molecular weight excluding hydrogens is 799 g/mol. The lowest BCUT2D eigenvalue weighted by atomic mass is 9.68. The number of nitrogens with zero attached hydrogens (tertiary/aromatic N) is 1. The van der Waals surface area contributed by atoms with Crippen molar-refractivity contribution in [2.75, 3.05) is 4.90 Å². The molecule has 0 aliphatic heterocycles. The van der Waals surface area contributed by atoms with Gasteiger partial charge in [-0.15, -0.1) is 0 Å². The first kappa shape index (κ1) is 37.2. The van der Waals surface area contributed by atoms with Crippen LogP contribution in [-0.4, -0.2) is 0 Å². The first-order valence-electron chi connectivity index (χ1n) is 23.1. The van der Waals surface area contributed by atoms with Crippen molar-refractivity contribution in [3.05, 3.63) is 258 Å². The molecular formula is C64H43NO. The summed E-state index contributed by atoms with van der Waals surface area (Å²) in [5.41, 5.74) is 24.9. The smallest absolute Gasteiger partial charge is 0.136 e. The van der Waals surface area contributed by atoms with Gasteiger partial charge >= 0.3 is 0 Å². The second kappa shape index (κ2) is 13.7. The third-order valence-corrected chi connectivity index (χ3v) is 15.1. The number of benzene rings is 10. The molecule has 0 saturated carbocycles. The van der Waals surface area contributed by atoms with Gasteiger partial charge in [-0.3, -0.25) is 0 Å². The Labute approximate surface area is 384 Å². The standard InChI is InChI=1S/C64H43NO/c1-63(2)52-26-11-6-19-44(52)46-36-35-43(39-56(46)63)65(42-33-31-41(32-34-42)40-17-4-3-5-18-40)57-29-14-9-21-47(57)49-25-16-24-48-45-20-7-12-27-53(45)64(62(48)49)54-28-13-8-22-50(54)60-55(64)37-38-59-61(60)51-23-10-15-30-58(51)66-59/h3-39H,1-2H3. The van der Waals surface area contributed by atoms with Crippen molar-refractivity contribution in [3.63, 3.8) is 0 Å². The molecule has 310 valence electrons. The molecule has 3 aliphatic rings. The largest absolute Gasteiger partial charge is 0.456 e. The summed E-state index contributed by atoms with van der Waals surface area (Å²) in [6.45, 7) is 4.74. The van der Waals surface area contributed by atoms with Gasteiger partial charge < -0.3 is 9.32 Å². The van der Waals surface area contributed by atoms with E-state index in [-0.39, 0.29) is 5.41 Å². The molecule has 1 heterocycles. The van der Waals surface area contributed by atoms with Gasteiger partial charge in [0.2, 0.25) is 0 Å². The third-order valence-electron chi connectivity index (χ3n) is 15.1. The maximum absolute atomic E-state index is 6.59. The van der Waals surface area contributed by atoms with E-state index in [9.17, 15) is 0 Å². The molecule has 2 heteroatoms. The molecule has 3 aliphatic carbocycles. The molecule has 10 aromatic carbocycles. The highest BCUT2D eigenvalue weighted by molar-refractivity contribution is 6.16. The van der Waals surface area contributed by atoms with Crippen molar-refractivity contribution < 1.29 is 4.42 Å². The second-order valence-corrected chi connectivity index (χ2v) is 18.7. The number of hydrogen-bond acceptors (Lipinski definition) is 2. The van der Waals surface area contributed by atoms with Crippen LogP contribution in [0.4, 0.5) is 17.1 Å². The minimum Gasteiger partial charge on any atom is -0.456 e. The van der Waals surface area contributed by atoms with Crippen LogP contribution in [0, 0.1) is 0 Å². The molecule has 11 aromatic rings. The summed E-state index contributed by atoms with van der Waals surface area (Å²) in [5, 5.41) is 2.33. The minimum atomic E-state index is -0.584. The lowest BCUT2D eigenvalue weighted by Crippen LogP contribution is -2.26. The van der Waals surface area contributed by atoms with E-state index >= 15 is 0 Å². The molecule has 1 spiro atoms. The van der Waals surface area contributed by atoms with Crippen LogP contribution in [0.5, 0.6) is 0 Å². The van der Waals surface area contributed by atoms with Crippen LogP contribution in [-0.2, 0) is 10.8 Å². The van der Waals surface area contributed by atoms with Crippen LogP contribution in [0.15, 0.2) is 229 Å². The van der Waals surface area contributed by atoms with Crippen molar-refractivity contribution in [1.29, 1.82) is 0 Å². The normalized spacial score (nSPS) is 15.6. The van der Waals surface area contributed by atoms with Crippen molar-refractivity contribution in [2.45, 2.75) is 24.7 Å². The van der Waals surface area contributed by atoms with Crippen LogP contribution in [0.25, 0.3) is 77.6 Å². The van der Waals surface area contributed by atoms with Gasteiger partial charge in [0.1, 0.15) is 11.2 Å². The van der Waals surface area contributed by atoms with Crippen LogP contribution in [0.2, 0.25) is 0 Å². The molecule has 14 rings (SSSR count). The number of anilines is 3. The average molecular weight is 842 g/mol. The second-order valence-electron chi connectivity index (χ2n) is 18.7. The molecule has 66 heavy (non-hydrogen) atoms. The fourth-order valence-corrected chi connectivity index (χ4v) is 12.3. The van der Waals surface area contributed by atoms with Gasteiger partial charge in [0.15, 0.2) is 0 Å². The van der Waals surface area contributed by atoms with E-state index in [1.54, 1.807) is 0 Å². The van der Waals surface area contributed by atoms with E-state index < -0.39 is 5.41 Å². The highest BCUT2D eigenvalue weighted by atomic mass is 16.3. The maximum Gasteiger partial charge on any atom is 0.136 e. The quantitative estimate of drug-likeness (QED) is 0.172. The van der Waals surface area contributed by atoms with Gasteiger partial charge in [0.25, 0.3) is 0 Å². The zero-order valence-electron chi connectivity index (χ0n) is 36.7. The van der Waals surface area contributed by atoms with Crippen molar-refractivity contribution in [1.82, 2.24) is 0 Å². The van der Waals surface area contributed by atoms with Crippen molar-refractivity contribution in [2.24, 2.45) is 0 Å². The molecule has 1 unspecified atom stereocenters. The predicted molar refractivity (Wildman–Crippen MR) is 273 cm³/mol. The summed E-state index contributed by atoms with van der Waals surface area (Å²) >= 11 is 0. The summed E-state index contributed by atoms with van der Waals surface area (Å²) in [7, 11) is 0. The Morgan fingerprint density at radius 3 is 1.71 bits per heavy atom. The Balaban J connectivity index is 1.04. The zero-order chi connectivity index (χ0) is 43.7. The number of para-hydroxylation sites is 2. The molecule has 0 fully saturated rings. The van der Waals surface area contributed by atoms with Gasteiger partial charge in [-0.05, 0) is 126 Å². The van der Waals surface area contributed by atoms with Gasteiger partial charge in [-0.2, -0.15) is 0 Å². The third kappa shape index (κ3) is 4.91. The summed E-state index contributed by atoms with van der Waals surface area (Å²) in [5.74, 6) is 0. The summed E-state index contributed by atoms with van der Waals surface area (Å²) in [6.07, 6.45) is 0. The van der Waals surface area contributed by atoms with E-state index in [0.717, 1.165) is 33.6 Å². The molecule has 2 nitrogen and oxygen atoms in total. The van der Waals surface area contributed by atoms with Gasteiger partial charge in [-0.1, -0.05) is 196 Å². The van der Waals surface area contributed by atoms with E-state index in [1.165, 1.54) is 94.4 Å². The number of hydrogen-bond donors (Lipinski definition) is 0. The fraction of sp³-hybridized carbons (Fsp3) is 0.0625. The lowest BCUT2D eigenvalue weighted by molar-refractivity contribution is 0.660. The van der Waals surface area contributed by atoms with Crippen LogP contribution in [0.1, 0.15) is 47.2 Å². The fourth-order valence-electron chi connectivity index (χ4n) is 12.3. The Hall–Kier alpha value is -8.20. The number of rotatable bonds is 5. The SMILES string of the molecule is CC1(C)c2ccccc2-c2ccc(N(c3ccc(-c4ccccc4)cc3)c3ccccc3-c3cccc4c3C3(c5ccccc5-4)c4ccccc4-c4c3ccc3oc5ccccc5c43)cc21. The van der Waals surface area contributed by atoms with Crippen LogP contribution < -0.4 is 4.90 Å². The molecule has 0 saturated heterocycles. The zero-order valence-corrected chi connectivity index (χ0v) is 36.7. The lowest BCUT2D eigenvalue weighted by Gasteiger charge is -2.34. The Morgan fingerprint density at radius 2 is 0.924 bits per heavy atom. The molecule has 0 radical (unpaired) electrons.